The Morgan fingerprint density at radius 2 is 2.21 bits per heavy atom. The number of nitrogens with zero attached hydrogens (tertiary/aromatic N) is 1. The SMILES string of the molecule is CC(N)c1ncc(OC(F)F)cc1Cl. The third-order valence-corrected chi connectivity index (χ3v) is 1.80. The highest BCUT2D eigenvalue weighted by molar-refractivity contribution is 6.31. The third-order valence-electron chi connectivity index (χ3n) is 1.50. The molecule has 1 unspecified atom stereocenters. The van der Waals surface area contributed by atoms with Gasteiger partial charge in [0.1, 0.15) is 5.75 Å². The summed E-state index contributed by atoms with van der Waals surface area (Å²) in [6, 6.07) is 0.919. The summed E-state index contributed by atoms with van der Waals surface area (Å²) in [4.78, 5) is 3.82. The number of aromatic nitrogens is 1. The zero-order valence-electron chi connectivity index (χ0n) is 7.38. The van der Waals surface area contributed by atoms with Crippen LogP contribution in [0.4, 0.5) is 8.78 Å². The lowest BCUT2D eigenvalue weighted by atomic mass is 10.2. The Morgan fingerprint density at radius 3 is 2.64 bits per heavy atom. The molecule has 0 aliphatic carbocycles. The van der Waals surface area contributed by atoms with Crippen molar-refractivity contribution in [2.24, 2.45) is 5.73 Å². The maximum Gasteiger partial charge on any atom is 0.387 e. The van der Waals surface area contributed by atoms with E-state index in [2.05, 4.69) is 9.72 Å². The van der Waals surface area contributed by atoms with Gasteiger partial charge in [0.2, 0.25) is 0 Å². The first-order valence-corrected chi connectivity index (χ1v) is 4.24. The van der Waals surface area contributed by atoms with Crippen molar-refractivity contribution in [2.45, 2.75) is 19.6 Å². The molecular weight excluding hydrogens is 214 g/mol. The standard InChI is InChI=1S/C8H9ClF2N2O/c1-4(12)7-6(9)2-5(3-13-7)14-8(10)11/h2-4,8H,12H2,1H3. The lowest BCUT2D eigenvalue weighted by molar-refractivity contribution is -0.0500. The quantitative estimate of drug-likeness (QED) is 0.854. The first-order valence-electron chi connectivity index (χ1n) is 3.86. The average molecular weight is 223 g/mol. The fourth-order valence-electron chi connectivity index (χ4n) is 0.933. The Hall–Kier alpha value is -0.940. The minimum Gasteiger partial charge on any atom is -0.433 e. The van der Waals surface area contributed by atoms with E-state index < -0.39 is 6.61 Å². The molecule has 1 atom stereocenters. The summed E-state index contributed by atoms with van der Waals surface area (Å²) in [7, 11) is 0. The van der Waals surface area contributed by atoms with Crippen molar-refractivity contribution in [3.8, 4) is 5.75 Å². The summed E-state index contributed by atoms with van der Waals surface area (Å²) in [5.41, 5.74) is 5.98. The van der Waals surface area contributed by atoms with E-state index in [4.69, 9.17) is 17.3 Å². The second kappa shape index (κ2) is 4.52. The number of alkyl halides is 2. The minimum atomic E-state index is -2.88. The van der Waals surface area contributed by atoms with Crippen LogP contribution in [0.1, 0.15) is 18.7 Å². The highest BCUT2D eigenvalue weighted by Crippen LogP contribution is 2.24. The second-order valence-electron chi connectivity index (χ2n) is 2.71. The van der Waals surface area contributed by atoms with Gasteiger partial charge >= 0.3 is 6.61 Å². The Bertz CT molecular complexity index is 320. The van der Waals surface area contributed by atoms with Crippen LogP contribution in [0.3, 0.4) is 0 Å². The Morgan fingerprint density at radius 1 is 1.57 bits per heavy atom. The number of ether oxygens (including phenoxy) is 1. The van der Waals surface area contributed by atoms with Gasteiger partial charge in [-0.3, -0.25) is 4.98 Å². The van der Waals surface area contributed by atoms with Gasteiger partial charge in [0.15, 0.2) is 0 Å². The summed E-state index contributed by atoms with van der Waals surface area (Å²) in [5, 5.41) is 0.221. The minimum absolute atomic E-state index is 0.0746. The number of nitrogens with two attached hydrogens (primary N) is 1. The molecule has 0 aliphatic heterocycles. The maximum atomic E-state index is 11.8. The molecule has 0 saturated carbocycles. The molecule has 1 aromatic rings. The van der Waals surface area contributed by atoms with Gasteiger partial charge in [-0.1, -0.05) is 11.6 Å². The molecule has 2 N–H and O–H groups in total. The number of hydrogen-bond acceptors (Lipinski definition) is 3. The monoisotopic (exact) mass is 222 g/mol. The molecule has 0 amide bonds. The van der Waals surface area contributed by atoms with Crippen LogP contribution in [0.2, 0.25) is 5.02 Å². The van der Waals surface area contributed by atoms with Crippen LogP contribution < -0.4 is 10.5 Å². The zero-order valence-corrected chi connectivity index (χ0v) is 8.13. The topological polar surface area (TPSA) is 48.1 Å². The van der Waals surface area contributed by atoms with Gasteiger partial charge in [-0.2, -0.15) is 8.78 Å². The lowest BCUT2D eigenvalue weighted by Crippen LogP contribution is -2.09. The van der Waals surface area contributed by atoms with Gasteiger partial charge in [-0.25, -0.2) is 0 Å². The molecule has 0 bridgehead atoms. The smallest absolute Gasteiger partial charge is 0.387 e. The predicted octanol–water partition coefficient (Wildman–Crippen LogP) is 2.36. The van der Waals surface area contributed by atoms with Crippen LogP contribution in [-0.4, -0.2) is 11.6 Å². The molecule has 1 aromatic heterocycles. The van der Waals surface area contributed by atoms with Crippen LogP contribution in [-0.2, 0) is 0 Å². The molecule has 3 nitrogen and oxygen atoms in total. The van der Waals surface area contributed by atoms with Gasteiger partial charge in [-0.05, 0) is 6.92 Å². The Balaban J connectivity index is 2.89. The maximum absolute atomic E-state index is 11.8. The highest BCUT2D eigenvalue weighted by Gasteiger charge is 2.10. The largest absolute Gasteiger partial charge is 0.433 e. The van der Waals surface area contributed by atoms with Crippen molar-refractivity contribution < 1.29 is 13.5 Å². The molecule has 0 saturated heterocycles. The van der Waals surface area contributed by atoms with E-state index in [0.29, 0.717) is 5.69 Å². The first-order chi connectivity index (χ1) is 6.50. The second-order valence-corrected chi connectivity index (χ2v) is 3.11. The third kappa shape index (κ3) is 2.78. The normalized spacial score (nSPS) is 13.0. The average Bonchev–Trinajstić information content (AvgIpc) is 2.01. The van der Waals surface area contributed by atoms with Crippen LogP contribution in [0.5, 0.6) is 5.75 Å². The fraction of sp³-hybridized carbons (Fsp3) is 0.375. The molecule has 0 aromatic carbocycles. The fourth-order valence-corrected chi connectivity index (χ4v) is 1.26. The van der Waals surface area contributed by atoms with Crippen LogP contribution >= 0.6 is 11.6 Å². The summed E-state index contributed by atoms with van der Waals surface area (Å²) in [6.45, 7) is -1.18. The molecule has 1 rings (SSSR count). The van der Waals surface area contributed by atoms with E-state index in [1.54, 1.807) is 6.92 Å². The summed E-state index contributed by atoms with van der Waals surface area (Å²) < 4.78 is 27.7. The van der Waals surface area contributed by atoms with Crippen LogP contribution in [0.25, 0.3) is 0 Å². The van der Waals surface area contributed by atoms with E-state index in [1.165, 1.54) is 6.07 Å². The molecule has 1 heterocycles. The zero-order chi connectivity index (χ0) is 10.7. The summed E-state index contributed by atoms with van der Waals surface area (Å²) in [6.07, 6.45) is 1.16. The van der Waals surface area contributed by atoms with Gasteiger partial charge in [-0.15, -0.1) is 0 Å². The molecule has 14 heavy (non-hydrogen) atoms. The molecule has 0 fully saturated rings. The highest BCUT2D eigenvalue weighted by atomic mass is 35.5. The molecular formula is C8H9ClF2N2O. The van der Waals surface area contributed by atoms with E-state index in [-0.39, 0.29) is 16.8 Å². The molecule has 0 radical (unpaired) electrons. The molecule has 0 spiro atoms. The van der Waals surface area contributed by atoms with Crippen molar-refractivity contribution in [2.75, 3.05) is 0 Å². The van der Waals surface area contributed by atoms with Crippen molar-refractivity contribution in [1.82, 2.24) is 4.98 Å². The number of hydrogen-bond donors (Lipinski definition) is 1. The van der Waals surface area contributed by atoms with E-state index >= 15 is 0 Å². The van der Waals surface area contributed by atoms with Crippen molar-refractivity contribution >= 4 is 11.6 Å². The molecule has 78 valence electrons. The summed E-state index contributed by atoms with van der Waals surface area (Å²) in [5.74, 6) is -0.0746. The van der Waals surface area contributed by atoms with Gasteiger partial charge < -0.3 is 10.5 Å². The molecule has 6 heteroatoms. The lowest BCUT2D eigenvalue weighted by Gasteiger charge is -2.09. The van der Waals surface area contributed by atoms with Crippen molar-refractivity contribution in [1.29, 1.82) is 0 Å². The van der Waals surface area contributed by atoms with Crippen molar-refractivity contribution in [3.63, 3.8) is 0 Å². The number of pyridine rings is 1. The van der Waals surface area contributed by atoms with Gasteiger partial charge in [0.05, 0.1) is 16.9 Å². The van der Waals surface area contributed by atoms with Crippen molar-refractivity contribution in [3.05, 3.63) is 23.0 Å². The van der Waals surface area contributed by atoms with E-state index in [1.807, 2.05) is 0 Å². The number of halogens is 3. The first kappa shape index (κ1) is 11.1. The Kier molecular flexibility index (Phi) is 3.60. The van der Waals surface area contributed by atoms with Gasteiger partial charge in [0.25, 0.3) is 0 Å². The van der Waals surface area contributed by atoms with E-state index in [0.717, 1.165) is 6.20 Å². The number of rotatable bonds is 3. The van der Waals surface area contributed by atoms with E-state index in [9.17, 15) is 8.78 Å². The van der Waals surface area contributed by atoms with Crippen LogP contribution in [0, 0.1) is 0 Å². The van der Waals surface area contributed by atoms with Gasteiger partial charge in [0, 0.05) is 12.1 Å². The predicted molar refractivity (Wildman–Crippen MR) is 48.5 cm³/mol. The molecule has 0 aliphatic rings. The Labute approximate surface area is 84.8 Å². The van der Waals surface area contributed by atoms with Crippen LogP contribution in [0.15, 0.2) is 12.3 Å². The summed E-state index contributed by atoms with van der Waals surface area (Å²) >= 11 is 5.74.